The van der Waals surface area contributed by atoms with Gasteiger partial charge in [-0.25, -0.2) is 9.97 Å². The number of thioether (sulfide) groups is 1. The zero-order valence-electron chi connectivity index (χ0n) is 14.5. The molecule has 0 bridgehead atoms. The summed E-state index contributed by atoms with van der Waals surface area (Å²) in [6.07, 6.45) is 9.03. The maximum absolute atomic E-state index is 12.3. The van der Waals surface area contributed by atoms with Gasteiger partial charge < -0.3 is 10.6 Å². The van der Waals surface area contributed by atoms with Crippen molar-refractivity contribution in [2.45, 2.75) is 43.3 Å². The van der Waals surface area contributed by atoms with Crippen LogP contribution in [0.25, 0.3) is 0 Å². The molecule has 3 rings (SSSR count). The van der Waals surface area contributed by atoms with Gasteiger partial charge in [0, 0.05) is 29.7 Å². The molecule has 0 unspecified atom stereocenters. The van der Waals surface area contributed by atoms with Gasteiger partial charge in [-0.1, -0.05) is 31.0 Å². The summed E-state index contributed by atoms with van der Waals surface area (Å²) in [4.78, 5) is 32.4. The number of carbonyl (C=O) groups is 2. The molecule has 1 heterocycles. The fourth-order valence-corrected chi connectivity index (χ4v) is 3.51. The number of nitrogens with one attached hydrogen (secondary N) is 2. The van der Waals surface area contributed by atoms with Crippen LogP contribution in [0.15, 0.2) is 47.9 Å². The number of nitrogens with zero attached hydrogens (tertiary/aromatic N) is 2. The van der Waals surface area contributed by atoms with Crippen LogP contribution in [0.5, 0.6) is 0 Å². The third kappa shape index (κ3) is 5.56. The Hall–Kier alpha value is -2.41. The van der Waals surface area contributed by atoms with Crippen molar-refractivity contribution in [1.82, 2.24) is 15.3 Å². The van der Waals surface area contributed by atoms with E-state index in [1.807, 2.05) is 0 Å². The quantitative estimate of drug-likeness (QED) is 0.602. The largest absolute Gasteiger partial charge is 0.349 e. The smallest absolute Gasteiger partial charge is 0.251 e. The second-order valence-corrected chi connectivity index (χ2v) is 7.20. The number of carbonyl (C=O) groups excluding carboxylic acids is 2. The molecule has 0 saturated heterocycles. The molecule has 26 heavy (non-hydrogen) atoms. The predicted molar refractivity (Wildman–Crippen MR) is 102 cm³/mol. The molecule has 7 heteroatoms. The minimum absolute atomic E-state index is 0.0495. The molecule has 1 fully saturated rings. The normalized spacial score (nSPS) is 14.6. The monoisotopic (exact) mass is 370 g/mol. The second kappa shape index (κ2) is 9.33. The zero-order valence-corrected chi connectivity index (χ0v) is 15.3. The van der Waals surface area contributed by atoms with Crippen molar-refractivity contribution in [2.75, 3.05) is 11.1 Å². The average molecular weight is 370 g/mol. The highest BCUT2D eigenvalue weighted by Gasteiger charge is 2.16. The van der Waals surface area contributed by atoms with Gasteiger partial charge in [-0.3, -0.25) is 9.59 Å². The standard InChI is InChI=1S/C19H22N4O2S/c24-17(13-26-19-20-11-4-12-21-19)22-16-9-7-14(8-10-16)18(25)23-15-5-2-1-3-6-15/h4,7-12,15H,1-3,5-6,13H2,(H,22,24)(H,23,25). The lowest BCUT2D eigenvalue weighted by Crippen LogP contribution is -2.36. The molecular weight excluding hydrogens is 348 g/mol. The molecule has 1 saturated carbocycles. The number of aromatic nitrogens is 2. The molecule has 1 aromatic carbocycles. The Labute approximate surface area is 157 Å². The highest BCUT2D eigenvalue weighted by Crippen LogP contribution is 2.18. The summed E-state index contributed by atoms with van der Waals surface area (Å²) >= 11 is 1.28. The second-order valence-electron chi connectivity index (χ2n) is 6.25. The highest BCUT2D eigenvalue weighted by molar-refractivity contribution is 7.99. The van der Waals surface area contributed by atoms with Crippen molar-refractivity contribution in [2.24, 2.45) is 0 Å². The van der Waals surface area contributed by atoms with E-state index in [0.29, 0.717) is 16.4 Å². The molecule has 1 aliphatic carbocycles. The van der Waals surface area contributed by atoms with Crippen molar-refractivity contribution < 1.29 is 9.59 Å². The third-order valence-corrected chi connectivity index (χ3v) is 5.12. The van der Waals surface area contributed by atoms with Crippen LogP contribution in [0.1, 0.15) is 42.5 Å². The fourth-order valence-electron chi connectivity index (χ4n) is 2.91. The predicted octanol–water partition coefficient (Wildman–Crippen LogP) is 3.27. The summed E-state index contributed by atoms with van der Waals surface area (Å²) in [6.45, 7) is 0. The number of hydrogen-bond acceptors (Lipinski definition) is 5. The Morgan fingerprint density at radius 3 is 2.42 bits per heavy atom. The van der Waals surface area contributed by atoms with Crippen molar-refractivity contribution in [1.29, 1.82) is 0 Å². The van der Waals surface area contributed by atoms with Crippen molar-refractivity contribution >= 4 is 29.3 Å². The van der Waals surface area contributed by atoms with Gasteiger partial charge in [0.15, 0.2) is 5.16 Å². The Morgan fingerprint density at radius 1 is 1.04 bits per heavy atom. The summed E-state index contributed by atoms with van der Waals surface area (Å²) in [5, 5.41) is 6.47. The Bertz CT molecular complexity index is 731. The van der Waals surface area contributed by atoms with E-state index in [1.54, 1.807) is 42.7 Å². The van der Waals surface area contributed by atoms with Gasteiger partial charge in [0.05, 0.1) is 5.75 Å². The first-order chi connectivity index (χ1) is 12.7. The molecule has 136 valence electrons. The summed E-state index contributed by atoms with van der Waals surface area (Å²) < 4.78 is 0. The highest BCUT2D eigenvalue weighted by atomic mass is 32.2. The Kier molecular flexibility index (Phi) is 6.60. The first-order valence-corrected chi connectivity index (χ1v) is 9.80. The SMILES string of the molecule is O=C(CSc1ncccn1)Nc1ccc(C(=O)NC2CCCCC2)cc1. The minimum atomic E-state index is -0.137. The molecule has 1 aliphatic rings. The van der Waals surface area contributed by atoms with E-state index in [9.17, 15) is 9.59 Å². The number of benzene rings is 1. The summed E-state index contributed by atoms with van der Waals surface area (Å²) in [5.41, 5.74) is 1.28. The molecule has 0 radical (unpaired) electrons. The summed E-state index contributed by atoms with van der Waals surface area (Å²) in [7, 11) is 0. The van der Waals surface area contributed by atoms with Gasteiger partial charge in [0.2, 0.25) is 5.91 Å². The van der Waals surface area contributed by atoms with Crippen molar-refractivity contribution in [3.05, 3.63) is 48.3 Å². The van der Waals surface area contributed by atoms with E-state index in [1.165, 1.54) is 31.0 Å². The molecule has 0 spiro atoms. The molecule has 0 aliphatic heterocycles. The van der Waals surface area contributed by atoms with E-state index in [0.717, 1.165) is 12.8 Å². The fraction of sp³-hybridized carbons (Fsp3) is 0.368. The van der Waals surface area contributed by atoms with Crippen LogP contribution in [0.4, 0.5) is 5.69 Å². The van der Waals surface area contributed by atoms with E-state index >= 15 is 0 Å². The van der Waals surface area contributed by atoms with Crippen LogP contribution in [-0.4, -0.2) is 33.6 Å². The van der Waals surface area contributed by atoms with Gasteiger partial charge in [-0.15, -0.1) is 0 Å². The zero-order chi connectivity index (χ0) is 18.2. The first kappa shape index (κ1) is 18.4. The maximum Gasteiger partial charge on any atom is 0.251 e. The minimum Gasteiger partial charge on any atom is -0.349 e. The van der Waals surface area contributed by atoms with Crippen LogP contribution >= 0.6 is 11.8 Å². The van der Waals surface area contributed by atoms with Crippen molar-refractivity contribution in [3.63, 3.8) is 0 Å². The third-order valence-electron chi connectivity index (χ3n) is 4.25. The van der Waals surface area contributed by atoms with E-state index < -0.39 is 0 Å². The topological polar surface area (TPSA) is 84.0 Å². The van der Waals surface area contributed by atoms with E-state index in [2.05, 4.69) is 20.6 Å². The number of hydrogen-bond donors (Lipinski definition) is 2. The van der Waals surface area contributed by atoms with Gasteiger partial charge in [-0.2, -0.15) is 0 Å². The Balaban J connectivity index is 1.47. The lowest BCUT2D eigenvalue weighted by atomic mass is 9.95. The molecule has 1 aromatic heterocycles. The van der Waals surface area contributed by atoms with Gasteiger partial charge in [-0.05, 0) is 43.2 Å². The number of anilines is 1. The van der Waals surface area contributed by atoms with Crippen LogP contribution in [0, 0.1) is 0 Å². The molecule has 2 amide bonds. The van der Waals surface area contributed by atoms with Crippen LogP contribution < -0.4 is 10.6 Å². The molecular formula is C19H22N4O2S. The maximum atomic E-state index is 12.3. The molecule has 0 atom stereocenters. The molecule has 2 N–H and O–H groups in total. The summed E-state index contributed by atoms with van der Waals surface area (Å²) in [5.74, 6) is 0.0434. The van der Waals surface area contributed by atoms with Crippen LogP contribution in [0.3, 0.4) is 0 Å². The van der Waals surface area contributed by atoms with Crippen LogP contribution in [0.2, 0.25) is 0 Å². The van der Waals surface area contributed by atoms with Gasteiger partial charge in [0.25, 0.3) is 5.91 Å². The van der Waals surface area contributed by atoms with Gasteiger partial charge >= 0.3 is 0 Å². The molecule has 6 nitrogen and oxygen atoms in total. The van der Waals surface area contributed by atoms with Crippen LogP contribution in [-0.2, 0) is 4.79 Å². The van der Waals surface area contributed by atoms with Gasteiger partial charge in [0.1, 0.15) is 0 Å². The average Bonchev–Trinajstić information content (AvgIpc) is 2.68. The molecule has 2 aromatic rings. The summed E-state index contributed by atoms with van der Waals surface area (Å²) in [6, 6.07) is 8.99. The lowest BCUT2D eigenvalue weighted by molar-refractivity contribution is -0.113. The van der Waals surface area contributed by atoms with E-state index in [4.69, 9.17) is 0 Å². The number of amides is 2. The lowest BCUT2D eigenvalue weighted by Gasteiger charge is -2.22. The number of rotatable bonds is 6. The van der Waals surface area contributed by atoms with E-state index in [-0.39, 0.29) is 23.6 Å². The first-order valence-electron chi connectivity index (χ1n) is 8.81. The Morgan fingerprint density at radius 2 is 1.73 bits per heavy atom. The van der Waals surface area contributed by atoms with Crippen molar-refractivity contribution in [3.8, 4) is 0 Å².